The Morgan fingerprint density at radius 2 is 2.31 bits per heavy atom. The summed E-state index contributed by atoms with van der Waals surface area (Å²) in [5.74, 6) is 0.136. The van der Waals surface area contributed by atoms with Gasteiger partial charge in [0.2, 0.25) is 0 Å². The van der Waals surface area contributed by atoms with Crippen molar-refractivity contribution < 1.29 is 14.2 Å². The SMILES string of the molecule is OC(CCl)COc1cccc(F)c1. The molecule has 0 amide bonds. The summed E-state index contributed by atoms with van der Waals surface area (Å²) in [7, 11) is 0. The van der Waals surface area contributed by atoms with Crippen molar-refractivity contribution in [3.63, 3.8) is 0 Å². The van der Waals surface area contributed by atoms with Crippen molar-refractivity contribution in [3.8, 4) is 5.75 Å². The standard InChI is InChI=1S/C9H10ClFO2/c10-5-8(12)6-13-9-3-1-2-7(11)4-9/h1-4,8,12H,5-6H2. The van der Waals surface area contributed by atoms with Gasteiger partial charge in [-0.25, -0.2) is 4.39 Å². The normalized spacial score (nSPS) is 12.5. The Hall–Kier alpha value is -0.800. The van der Waals surface area contributed by atoms with Crippen molar-refractivity contribution in [2.24, 2.45) is 0 Å². The molecule has 1 N–H and O–H groups in total. The van der Waals surface area contributed by atoms with Crippen molar-refractivity contribution in [1.82, 2.24) is 0 Å². The second kappa shape index (κ2) is 5.04. The molecule has 1 unspecified atom stereocenters. The molecule has 0 bridgehead atoms. The summed E-state index contributed by atoms with van der Waals surface area (Å²) in [6.07, 6.45) is -0.718. The summed E-state index contributed by atoms with van der Waals surface area (Å²) in [6.45, 7) is 0.0763. The van der Waals surface area contributed by atoms with Gasteiger partial charge < -0.3 is 9.84 Å². The molecule has 1 aromatic rings. The van der Waals surface area contributed by atoms with E-state index in [4.69, 9.17) is 21.4 Å². The van der Waals surface area contributed by atoms with Gasteiger partial charge in [-0.1, -0.05) is 6.07 Å². The van der Waals surface area contributed by atoms with E-state index < -0.39 is 6.10 Å². The van der Waals surface area contributed by atoms with Crippen LogP contribution in [0.25, 0.3) is 0 Å². The molecule has 0 aliphatic rings. The van der Waals surface area contributed by atoms with E-state index in [9.17, 15) is 4.39 Å². The first-order chi connectivity index (χ1) is 6.22. The Labute approximate surface area is 80.9 Å². The molecule has 0 heterocycles. The fourth-order valence-corrected chi connectivity index (χ4v) is 0.883. The predicted octanol–water partition coefficient (Wildman–Crippen LogP) is 1.80. The summed E-state index contributed by atoms with van der Waals surface area (Å²) in [6, 6.07) is 5.73. The number of rotatable bonds is 4. The van der Waals surface area contributed by atoms with Crippen LogP contribution in [0.4, 0.5) is 4.39 Å². The Bertz CT molecular complexity index is 268. The number of benzene rings is 1. The number of alkyl halides is 1. The van der Waals surface area contributed by atoms with E-state index in [1.54, 1.807) is 6.07 Å². The molecule has 0 saturated heterocycles. The van der Waals surface area contributed by atoms with E-state index in [0.29, 0.717) is 5.75 Å². The number of aliphatic hydroxyl groups excluding tert-OH is 1. The maximum absolute atomic E-state index is 12.6. The first kappa shape index (κ1) is 10.3. The third kappa shape index (κ3) is 3.61. The quantitative estimate of drug-likeness (QED) is 0.758. The lowest BCUT2D eigenvalue weighted by Gasteiger charge is -2.08. The van der Waals surface area contributed by atoms with E-state index in [-0.39, 0.29) is 18.3 Å². The molecule has 0 aliphatic heterocycles. The number of aliphatic hydroxyl groups is 1. The van der Waals surface area contributed by atoms with E-state index in [0.717, 1.165) is 0 Å². The van der Waals surface area contributed by atoms with Crippen molar-refractivity contribution >= 4 is 11.6 Å². The lowest BCUT2D eigenvalue weighted by Crippen LogP contribution is -2.18. The molecular weight excluding hydrogens is 195 g/mol. The zero-order valence-corrected chi connectivity index (χ0v) is 7.67. The van der Waals surface area contributed by atoms with Crippen LogP contribution >= 0.6 is 11.6 Å². The molecule has 0 spiro atoms. The number of hydrogen-bond acceptors (Lipinski definition) is 2. The van der Waals surface area contributed by atoms with Gasteiger partial charge in [0, 0.05) is 6.07 Å². The molecule has 0 fully saturated rings. The third-order valence-corrected chi connectivity index (χ3v) is 1.77. The number of halogens is 2. The molecule has 1 aromatic carbocycles. The van der Waals surface area contributed by atoms with Crippen LogP contribution in [0.15, 0.2) is 24.3 Å². The van der Waals surface area contributed by atoms with Gasteiger partial charge >= 0.3 is 0 Å². The molecule has 0 saturated carbocycles. The van der Waals surface area contributed by atoms with E-state index in [1.807, 2.05) is 0 Å². The molecule has 0 aromatic heterocycles. The minimum atomic E-state index is -0.718. The van der Waals surface area contributed by atoms with Crippen LogP contribution in [-0.4, -0.2) is 23.7 Å². The average Bonchev–Trinajstić information content (AvgIpc) is 2.14. The highest BCUT2D eigenvalue weighted by atomic mass is 35.5. The second-order valence-electron chi connectivity index (χ2n) is 2.58. The van der Waals surface area contributed by atoms with Crippen molar-refractivity contribution in [2.75, 3.05) is 12.5 Å². The monoisotopic (exact) mass is 204 g/mol. The van der Waals surface area contributed by atoms with Gasteiger partial charge in [0.25, 0.3) is 0 Å². The van der Waals surface area contributed by atoms with Gasteiger partial charge in [-0.2, -0.15) is 0 Å². The lowest BCUT2D eigenvalue weighted by atomic mass is 10.3. The van der Waals surface area contributed by atoms with E-state index >= 15 is 0 Å². The van der Waals surface area contributed by atoms with Crippen LogP contribution in [0, 0.1) is 5.82 Å². The maximum atomic E-state index is 12.6. The van der Waals surface area contributed by atoms with Crippen LogP contribution in [0.3, 0.4) is 0 Å². The molecular formula is C9H10ClFO2. The van der Waals surface area contributed by atoms with Crippen LogP contribution in [0.1, 0.15) is 0 Å². The maximum Gasteiger partial charge on any atom is 0.126 e. The first-order valence-electron chi connectivity index (χ1n) is 3.85. The zero-order chi connectivity index (χ0) is 9.68. The second-order valence-corrected chi connectivity index (χ2v) is 2.89. The molecule has 4 heteroatoms. The van der Waals surface area contributed by atoms with E-state index in [2.05, 4.69) is 0 Å². The fraction of sp³-hybridized carbons (Fsp3) is 0.333. The van der Waals surface area contributed by atoms with Gasteiger partial charge in [0.15, 0.2) is 0 Å². The summed E-state index contributed by atoms with van der Waals surface area (Å²) < 4.78 is 17.7. The third-order valence-electron chi connectivity index (χ3n) is 1.42. The molecule has 2 nitrogen and oxygen atoms in total. The Balaban J connectivity index is 2.45. The smallest absolute Gasteiger partial charge is 0.126 e. The van der Waals surface area contributed by atoms with Gasteiger partial charge in [0.05, 0.1) is 5.88 Å². The van der Waals surface area contributed by atoms with Gasteiger partial charge in [-0.05, 0) is 12.1 Å². The molecule has 0 radical (unpaired) electrons. The average molecular weight is 205 g/mol. The first-order valence-corrected chi connectivity index (χ1v) is 4.38. The minimum Gasteiger partial charge on any atom is -0.491 e. The van der Waals surface area contributed by atoms with Gasteiger partial charge in [-0.15, -0.1) is 11.6 Å². The minimum absolute atomic E-state index is 0.0763. The Kier molecular flexibility index (Phi) is 3.99. The van der Waals surface area contributed by atoms with Gasteiger partial charge in [0.1, 0.15) is 24.3 Å². The zero-order valence-electron chi connectivity index (χ0n) is 6.91. The van der Waals surface area contributed by atoms with Crippen LogP contribution < -0.4 is 4.74 Å². The van der Waals surface area contributed by atoms with Gasteiger partial charge in [-0.3, -0.25) is 0 Å². The van der Waals surface area contributed by atoms with Crippen molar-refractivity contribution in [2.45, 2.75) is 6.10 Å². The largest absolute Gasteiger partial charge is 0.491 e. The summed E-state index contributed by atoms with van der Waals surface area (Å²) in [5.41, 5.74) is 0. The highest BCUT2D eigenvalue weighted by molar-refractivity contribution is 6.18. The fourth-order valence-electron chi connectivity index (χ4n) is 0.794. The van der Waals surface area contributed by atoms with Crippen LogP contribution in [0.2, 0.25) is 0 Å². The molecule has 1 rings (SSSR count). The molecule has 13 heavy (non-hydrogen) atoms. The predicted molar refractivity (Wildman–Crippen MR) is 48.6 cm³/mol. The molecule has 0 aliphatic carbocycles. The summed E-state index contributed by atoms with van der Waals surface area (Å²) in [4.78, 5) is 0. The number of ether oxygens (including phenoxy) is 1. The Morgan fingerprint density at radius 3 is 2.92 bits per heavy atom. The van der Waals surface area contributed by atoms with Crippen LogP contribution in [0.5, 0.6) is 5.75 Å². The summed E-state index contributed by atoms with van der Waals surface area (Å²) >= 11 is 5.35. The van der Waals surface area contributed by atoms with Crippen molar-refractivity contribution in [1.29, 1.82) is 0 Å². The number of hydrogen-bond donors (Lipinski definition) is 1. The highest BCUT2D eigenvalue weighted by Crippen LogP contribution is 2.12. The topological polar surface area (TPSA) is 29.5 Å². The molecule has 1 atom stereocenters. The highest BCUT2D eigenvalue weighted by Gasteiger charge is 2.02. The van der Waals surface area contributed by atoms with Crippen molar-refractivity contribution in [3.05, 3.63) is 30.1 Å². The van der Waals surface area contributed by atoms with E-state index in [1.165, 1.54) is 18.2 Å². The molecule has 72 valence electrons. The summed E-state index contributed by atoms with van der Waals surface area (Å²) in [5, 5.41) is 9.04. The Morgan fingerprint density at radius 1 is 1.54 bits per heavy atom. The lowest BCUT2D eigenvalue weighted by molar-refractivity contribution is 0.125. The van der Waals surface area contributed by atoms with Crippen LogP contribution in [-0.2, 0) is 0 Å².